The smallest absolute Gasteiger partial charge is 0.240 e. The Bertz CT molecular complexity index is 810. The zero-order chi connectivity index (χ0) is 16.1. The van der Waals surface area contributed by atoms with Crippen LogP contribution >= 0.6 is 15.9 Å². The van der Waals surface area contributed by atoms with Gasteiger partial charge in [-0.15, -0.1) is 10.2 Å². The van der Waals surface area contributed by atoms with Crippen molar-refractivity contribution in [3.8, 4) is 5.75 Å². The minimum absolute atomic E-state index is 0.475. The molecular weight excluding hydrogens is 356 g/mol. The molecule has 3 aromatic rings. The predicted molar refractivity (Wildman–Crippen MR) is 93.2 cm³/mol. The third-order valence-electron chi connectivity index (χ3n) is 3.30. The van der Waals surface area contributed by atoms with Crippen LogP contribution in [0.1, 0.15) is 22.9 Å². The highest BCUT2D eigenvalue weighted by atomic mass is 79.9. The zero-order valence-corrected chi connectivity index (χ0v) is 14.2. The Balaban J connectivity index is 1.72. The second kappa shape index (κ2) is 7.24. The summed E-state index contributed by atoms with van der Waals surface area (Å²) in [7, 11) is 1.65. The van der Waals surface area contributed by atoms with Gasteiger partial charge in [-0.25, -0.2) is 0 Å². The summed E-state index contributed by atoms with van der Waals surface area (Å²) >= 11 is 3.42. The summed E-state index contributed by atoms with van der Waals surface area (Å²) in [6.07, 6.45) is 4.30. The number of halogens is 1. The summed E-state index contributed by atoms with van der Waals surface area (Å²) in [5, 5.41) is 8.12. The molecule has 0 radical (unpaired) electrons. The van der Waals surface area contributed by atoms with E-state index < -0.39 is 0 Å². The Morgan fingerprint density at radius 1 is 1.04 bits per heavy atom. The number of rotatable bonds is 5. The van der Waals surface area contributed by atoms with Gasteiger partial charge in [-0.1, -0.05) is 46.3 Å². The van der Waals surface area contributed by atoms with Crippen molar-refractivity contribution in [1.82, 2.24) is 10.2 Å². The average Bonchev–Trinajstić information content (AvgIpc) is 3.03. The van der Waals surface area contributed by atoms with Gasteiger partial charge in [0.25, 0.3) is 0 Å². The molecule has 0 spiro atoms. The van der Waals surface area contributed by atoms with Gasteiger partial charge in [0.2, 0.25) is 11.8 Å². The van der Waals surface area contributed by atoms with Crippen molar-refractivity contribution in [2.75, 3.05) is 7.11 Å². The molecule has 2 aromatic carbocycles. The van der Waals surface area contributed by atoms with Crippen LogP contribution in [0.5, 0.6) is 5.75 Å². The first-order valence-electron chi connectivity index (χ1n) is 7.12. The van der Waals surface area contributed by atoms with Crippen molar-refractivity contribution in [2.24, 2.45) is 0 Å². The van der Waals surface area contributed by atoms with Crippen LogP contribution in [0.2, 0.25) is 0 Å². The number of ether oxygens (including phenoxy) is 1. The molecule has 0 aliphatic carbocycles. The van der Waals surface area contributed by atoms with E-state index in [0.29, 0.717) is 18.2 Å². The molecule has 0 fully saturated rings. The first-order valence-corrected chi connectivity index (χ1v) is 7.92. The van der Waals surface area contributed by atoms with E-state index in [1.54, 1.807) is 13.2 Å². The Morgan fingerprint density at radius 3 is 2.61 bits per heavy atom. The van der Waals surface area contributed by atoms with Crippen LogP contribution in [-0.4, -0.2) is 17.3 Å². The van der Waals surface area contributed by atoms with E-state index in [1.165, 1.54) is 0 Å². The van der Waals surface area contributed by atoms with Gasteiger partial charge in [0.05, 0.1) is 13.5 Å². The molecule has 3 rings (SSSR count). The van der Waals surface area contributed by atoms with Crippen LogP contribution in [0.15, 0.2) is 57.4 Å². The van der Waals surface area contributed by atoms with E-state index in [0.717, 1.165) is 21.3 Å². The van der Waals surface area contributed by atoms with Crippen molar-refractivity contribution < 1.29 is 9.15 Å². The van der Waals surface area contributed by atoms with E-state index in [9.17, 15) is 0 Å². The monoisotopic (exact) mass is 370 g/mol. The Hall–Kier alpha value is -2.40. The lowest BCUT2D eigenvalue weighted by molar-refractivity contribution is 0.414. The average molecular weight is 371 g/mol. The minimum Gasteiger partial charge on any atom is -0.496 e. The molecule has 116 valence electrons. The molecule has 0 unspecified atom stereocenters. The van der Waals surface area contributed by atoms with Gasteiger partial charge in [0.1, 0.15) is 5.75 Å². The molecule has 1 heterocycles. The molecule has 0 aliphatic rings. The zero-order valence-electron chi connectivity index (χ0n) is 12.6. The van der Waals surface area contributed by atoms with E-state index >= 15 is 0 Å². The molecule has 4 nitrogen and oxygen atoms in total. The van der Waals surface area contributed by atoms with Gasteiger partial charge >= 0.3 is 0 Å². The van der Waals surface area contributed by atoms with Gasteiger partial charge in [-0.2, -0.15) is 0 Å². The molecule has 0 bridgehead atoms. The Labute approximate surface area is 142 Å². The van der Waals surface area contributed by atoms with Gasteiger partial charge in [0, 0.05) is 16.1 Å². The van der Waals surface area contributed by atoms with Crippen molar-refractivity contribution in [3.63, 3.8) is 0 Å². The molecule has 0 saturated heterocycles. The maximum Gasteiger partial charge on any atom is 0.240 e. The Morgan fingerprint density at radius 2 is 1.83 bits per heavy atom. The minimum atomic E-state index is 0.475. The third kappa shape index (κ3) is 4.07. The number of methoxy groups -OCH3 is 1. The molecule has 0 atom stereocenters. The van der Waals surface area contributed by atoms with E-state index in [2.05, 4.69) is 26.1 Å². The number of benzene rings is 2. The summed E-state index contributed by atoms with van der Waals surface area (Å²) in [5.74, 6) is 1.87. The predicted octanol–water partition coefficient (Wildman–Crippen LogP) is 4.60. The highest BCUT2D eigenvalue weighted by Crippen LogP contribution is 2.20. The van der Waals surface area contributed by atoms with E-state index in [1.807, 2.05) is 54.6 Å². The second-order valence-corrected chi connectivity index (χ2v) is 5.83. The standard InChI is InChI=1S/C18H15BrN2O2/c1-22-16-5-3-2-4-14(16)8-11-17-20-21-18(23-17)12-13-6-9-15(19)10-7-13/h2-11H,12H2,1H3/b11-8+. The lowest BCUT2D eigenvalue weighted by atomic mass is 10.1. The molecule has 5 heteroatoms. The van der Waals surface area contributed by atoms with Crippen molar-refractivity contribution in [1.29, 1.82) is 0 Å². The molecule has 0 N–H and O–H groups in total. The van der Waals surface area contributed by atoms with E-state index in [-0.39, 0.29) is 0 Å². The highest BCUT2D eigenvalue weighted by Gasteiger charge is 2.05. The number of hydrogen-bond acceptors (Lipinski definition) is 4. The molecule has 0 saturated carbocycles. The van der Waals surface area contributed by atoms with Gasteiger partial charge in [-0.05, 0) is 29.8 Å². The van der Waals surface area contributed by atoms with Gasteiger partial charge < -0.3 is 9.15 Å². The first-order chi connectivity index (χ1) is 11.2. The summed E-state index contributed by atoms with van der Waals surface area (Å²) in [6.45, 7) is 0. The van der Waals surface area contributed by atoms with Crippen LogP contribution in [-0.2, 0) is 6.42 Å². The largest absolute Gasteiger partial charge is 0.496 e. The number of para-hydroxylation sites is 1. The fourth-order valence-electron chi connectivity index (χ4n) is 2.15. The van der Waals surface area contributed by atoms with Crippen LogP contribution in [0.25, 0.3) is 12.2 Å². The molecular formula is C18H15BrN2O2. The van der Waals surface area contributed by atoms with Gasteiger partial charge in [-0.3, -0.25) is 0 Å². The van der Waals surface area contributed by atoms with Crippen LogP contribution in [0.4, 0.5) is 0 Å². The second-order valence-electron chi connectivity index (χ2n) is 4.91. The Kier molecular flexibility index (Phi) is 4.88. The van der Waals surface area contributed by atoms with Crippen molar-refractivity contribution in [3.05, 3.63) is 75.9 Å². The van der Waals surface area contributed by atoms with Gasteiger partial charge in [0.15, 0.2) is 0 Å². The van der Waals surface area contributed by atoms with E-state index in [4.69, 9.17) is 9.15 Å². The maximum atomic E-state index is 5.65. The number of aromatic nitrogens is 2. The highest BCUT2D eigenvalue weighted by molar-refractivity contribution is 9.10. The summed E-state index contributed by atoms with van der Waals surface area (Å²) in [4.78, 5) is 0. The lowest BCUT2D eigenvalue weighted by Gasteiger charge is -2.02. The SMILES string of the molecule is COc1ccccc1/C=C/c1nnc(Cc2ccc(Br)cc2)o1. The number of hydrogen-bond donors (Lipinski definition) is 0. The first kappa shape index (κ1) is 15.5. The number of nitrogens with zero attached hydrogens (tertiary/aromatic N) is 2. The van der Waals surface area contributed by atoms with Crippen molar-refractivity contribution in [2.45, 2.75) is 6.42 Å². The molecule has 23 heavy (non-hydrogen) atoms. The maximum absolute atomic E-state index is 5.65. The lowest BCUT2D eigenvalue weighted by Crippen LogP contribution is -1.87. The summed E-state index contributed by atoms with van der Waals surface area (Å²) in [5.41, 5.74) is 2.08. The quantitative estimate of drug-likeness (QED) is 0.658. The third-order valence-corrected chi connectivity index (χ3v) is 3.82. The van der Waals surface area contributed by atoms with Crippen molar-refractivity contribution >= 4 is 28.1 Å². The molecule has 0 amide bonds. The fraction of sp³-hybridized carbons (Fsp3) is 0.111. The topological polar surface area (TPSA) is 48.2 Å². The fourth-order valence-corrected chi connectivity index (χ4v) is 2.41. The molecule has 1 aromatic heterocycles. The summed E-state index contributed by atoms with van der Waals surface area (Å²) in [6, 6.07) is 15.8. The van der Waals surface area contributed by atoms with Crippen LogP contribution in [0, 0.1) is 0 Å². The van der Waals surface area contributed by atoms with Crippen LogP contribution < -0.4 is 4.74 Å². The summed E-state index contributed by atoms with van der Waals surface area (Å²) < 4.78 is 12.0. The van der Waals surface area contributed by atoms with Crippen LogP contribution in [0.3, 0.4) is 0 Å². The molecule has 0 aliphatic heterocycles. The normalized spacial score (nSPS) is 11.0.